The maximum Gasteiger partial charge on any atom is 0.248 e. The van der Waals surface area contributed by atoms with Crippen molar-refractivity contribution in [2.75, 3.05) is 24.2 Å². The highest BCUT2D eigenvalue weighted by Gasteiger charge is 2.52. The Bertz CT molecular complexity index is 912. The number of hydrogen-bond acceptors (Lipinski definition) is 5. The van der Waals surface area contributed by atoms with Gasteiger partial charge < -0.3 is 10.2 Å². The van der Waals surface area contributed by atoms with Gasteiger partial charge >= 0.3 is 0 Å². The Morgan fingerprint density at radius 2 is 1.93 bits per heavy atom. The first-order chi connectivity index (χ1) is 13.8. The first-order valence-electron chi connectivity index (χ1n) is 10.2. The van der Waals surface area contributed by atoms with E-state index in [1.807, 2.05) is 6.92 Å². The average molecular weight is 438 g/mol. The van der Waals surface area contributed by atoms with Crippen LogP contribution in [0.3, 0.4) is 0 Å². The zero-order chi connectivity index (χ0) is 20.6. The van der Waals surface area contributed by atoms with Crippen molar-refractivity contribution in [2.45, 2.75) is 61.3 Å². The second-order valence-corrected chi connectivity index (χ2v) is 11.5. The summed E-state index contributed by atoms with van der Waals surface area (Å²) in [6.07, 6.45) is 5.07. The van der Waals surface area contributed by atoms with E-state index in [2.05, 4.69) is 5.32 Å². The molecule has 4 rings (SSSR count). The standard InChI is InChI=1S/C20H27N3O4S2/c1-20-10-9-18(24)23(20)17(14-28-20)19(25)21-15-7-6-8-16(13-15)29(26,27)22-11-4-2-3-5-12-22/h6-8,13,17H,2-5,9-12,14H2,1H3,(H,21,25)/t17-,20-/m0/s1. The fraction of sp³-hybridized carbons (Fsp3) is 0.600. The minimum Gasteiger partial charge on any atom is -0.324 e. The van der Waals surface area contributed by atoms with Gasteiger partial charge in [0.1, 0.15) is 6.04 Å². The van der Waals surface area contributed by atoms with Crippen LogP contribution >= 0.6 is 11.8 Å². The summed E-state index contributed by atoms with van der Waals surface area (Å²) < 4.78 is 27.6. The van der Waals surface area contributed by atoms with Gasteiger partial charge in [-0.25, -0.2) is 8.42 Å². The van der Waals surface area contributed by atoms with Crippen molar-refractivity contribution in [1.29, 1.82) is 0 Å². The summed E-state index contributed by atoms with van der Waals surface area (Å²) in [6, 6.07) is 5.90. The van der Waals surface area contributed by atoms with Crippen molar-refractivity contribution in [1.82, 2.24) is 9.21 Å². The van der Waals surface area contributed by atoms with E-state index in [-0.39, 0.29) is 21.6 Å². The molecule has 3 heterocycles. The van der Waals surface area contributed by atoms with Crippen LogP contribution in [0.25, 0.3) is 0 Å². The molecule has 29 heavy (non-hydrogen) atoms. The molecule has 1 aromatic carbocycles. The second-order valence-electron chi connectivity index (χ2n) is 8.10. The van der Waals surface area contributed by atoms with Gasteiger partial charge in [0.05, 0.1) is 9.77 Å². The van der Waals surface area contributed by atoms with E-state index in [9.17, 15) is 18.0 Å². The zero-order valence-electron chi connectivity index (χ0n) is 16.6. The topological polar surface area (TPSA) is 86.8 Å². The molecular formula is C20H27N3O4S2. The van der Waals surface area contributed by atoms with Crippen molar-refractivity contribution in [3.8, 4) is 0 Å². The fourth-order valence-electron chi connectivity index (χ4n) is 4.41. The molecule has 0 saturated carbocycles. The van der Waals surface area contributed by atoms with Crippen molar-refractivity contribution < 1.29 is 18.0 Å². The van der Waals surface area contributed by atoms with E-state index in [4.69, 9.17) is 0 Å². The molecule has 1 aromatic rings. The van der Waals surface area contributed by atoms with Crippen molar-refractivity contribution >= 4 is 39.3 Å². The van der Waals surface area contributed by atoms with Gasteiger partial charge in [-0.2, -0.15) is 4.31 Å². The molecule has 7 nitrogen and oxygen atoms in total. The molecule has 3 aliphatic rings. The number of benzene rings is 1. The second kappa shape index (κ2) is 7.92. The summed E-state index contributed by atoms with van der Waals surface area (Å²) in [5, 5.41) is 2.83. The molecule has 3 saturated heterocycles. The SMILES string of the molecule is C[C@]12CCC(=O)N1[C@H](C(=O)Nc1cccc(S(=O)(=O)N3CCCCCC3)c1)CS2. The molecule has 2 amide bonds. The maximum atomic E-state index is 13.0. The molecular weight excluding hydrogens is 410 g/mol. The monoisotopic (exact) mass is 437 g/mol. The van der Waals surface area contributed by atoms with Crippen LogP contribution in [0.5, 0.6) is 0 Å². The van der Waals surface area contributed by atoms with Gasteiger partial charge in [-0.1, -0.05) is 18.9 Å². The molecule has 0 aliphatic carbocycles. The molecule has 0 spiro atoms. The third kappa shape index (κ3) is 3.92. The van der Waals surface area contributed by atoms with Gasteiger partial charge in [0.2, 0.25) is 21.8 Å². The van der Waals surface area contributed by atoms with Crippen LogP contribution in [0.2, 0.25) is 0 Å². The van der Waals surface area contributed by atoms with Crippen LogP contribution in [0.1, 0.15) is 45.4 Å². The summed E-state index contributed by atoms with van der Waals surface area (Å²) in [5.41, 5.74) is 0.441. The number of sulfonamides is 1. The molecule has 1 N–H and O–H groups in total. The third-order valence-corrected chi connectivity index (χ3v) is 9.45. The van der Waals surface area contributed by atoms with Gasteiger partial charge in [0.25, 0.3) is 0 Å². The Morgan fingerprint density at radius 1 is 1.21 bits per heavy atom. The number of thioether (sulfide) groups is 1. The van der Waals surface area contributed by atoms with Crippen LogP contribution in [-0.2, 0) is 19.6 Å². The number of rotatable bonds is 4. The lowest BCUT2D eigenvalue weighted by Crippen LogP contribution is -2.48. The normalized spacial score (nSPS) is 28.2. The van der Waals surface area contributed by atoms with Crippen LogP contribution in [-0.4, -0.2) is 59.2 Å². The van der Waals surface area contributed by atoms with Gasteiger partial charge in [-0.05, 0) is 44.4 Å². The lowest BCUT2D eigenvalue weighted by Gasteiger charge is -2.29. The molecule has 158 valence electrons. The summed E-state index contributed by atoms with van der Waals surface area (Å²) in [6.45, 7) is 3.08. The van der Waals surface area contributed by atoms with E-state index in [0.717, 1.165) is 32.1 Å². The summed E-state index contributed by atoms with van der Waals surface area (Å²) in [4.78, 5) is 26.7. The number of amides is 2. The van der Waals surface area contributed by atoms with E-state index in [1.54, 1.807) is 39.2 Å². The van der Waals surface area contributed by atoms with E-state index in [0.29, 0.717) is 31.0 Å². The number of nitrogens with one attached hydrogen (secondary N) is 1. The Morgan fingerprint density at radius 3 is 2.66 bits per heavy atom. The minimum atomic E-state index is -3.58. The molecule has 0 bridgehead atoms. The number of nitrogens with zero attached hydrogens (tertiary/aromatic N) is 2. The first-order valence-corrected chi connectivity index (χ1v) is 12.6. The highest BCUT2D eigenvalue weighted by atomic mass is 32.2. The van der Waals surface area contributed by atoms with Crippen LogP contribution in [0.15, 0.2) is 29.2 Å². The molecule has 2 atom stereocenters. The Kier molecular flexibility index (Phi) is 5.65. The molecule has 9 heteroatoms. The van der Waals surface area contributed by atoms with Crippen LogP contribution in [0, 0.1) is 0 Å². The Labute approximate surface area is 176 Å². The number of fused-ring (bicyclic) bond motifs is 1. The molecule has 3 aliphatic heterocycles. The first kappa shape index (κ1) is 20.7. The number of carbonyl (C=O) groups is 2. The van der Waals surface area contributed by atoms with Crippen molar-refractivity contribution in [3.63, 3.8) is 0 Å². The number of hydrogen-bond donors (Lipinski definition) is 1. The Hall–Kier alpha value is -1.58. The predicted molar refractivity (Wildman–Crippen MR) is 113 cm³/mol. The average Bonchev–Trinajstić information content (AvgIpc) is 3.03. The lowest BCUT2D eigenvalue weighted by molar-refractivity contribution is -0.135. The molecule has 0 radical (unpaired) electrons. The van der Waals surface area contributed by atoms with Gasteiger partial charge in [0.15, 0.2) is 0 Å². The van der Waals surface area contributed by atoms with E-state index in [1.165, 1.54) is 6.07 Å². The summed E-state index contributed by atoms with van der Waals surface area (Å²) >= 11 is 1.64. The number of anilines is 1. The van der Waals surface area contributed by atoms with Gasteiger partial charge in [-0.15, -0.1) is 11.8 Å². The Balaban J connectivity index is 1.50. The van der Waals surface area contributed by atoms with E-state index < -0.39 is 16.1 Å². The highest BCUT2D eigenvalue weighted by molar-refractivity contribution is 8.01. The van der Waals surface area contributed by atoms with Gasteiger partial charge in [-0.3, -0.25) is 9.59 Å². The largest absolute Gasteiger partial charge is 0.324 e. The van der Waals surface area contributed by atoms with Crippen molar-refractivity contribution in [3.05, 3.63) is 24.3 Å². The van der Waals surface area contributed by atoms with E-state index >= 15 is 0 Å². The predicted octanol–water partition coefficient (Wildman–Crippen LogP) is 2.64. The van der Waals surface area contributed by atoms with Crippen molar-refractivity contribution in [2.24, 2.45) is 0 Å². The fourth-order valence-corrected chi connectivity index (χ4v) is 7.40. The smallest absolute Gasteiger partial charge is 0.248 e. The lowest BCUT2D eigenvalue weighted by atomic mass is 10.2. The van der Waals surface area contributed by atoms with Gasteiger partial charge in [0, 0.05) is 31.0 Å². The minimum absolute atomic E-state index is 0.00939. The third-order valence-electron chi connectivity index (χ3n) is 6.05. The summed E-state index contributed by atoms with van der Waals surface area (Å²) in [7, 11) is -3.58. The van der Waals surface area contributed by atoms with Crippen LogP contribution in [0.4, 0.5) is 5.69 Å². The highest BCUT2D eigenvalue weighted by Crippen LogP contribution is 2.47. The molecule has 3 fully saturated rings. The number of carbonyl (C=O) groups excluding carboxylic acids is 2. The molecule has 0 aromatic heterocycles. The maximum absolute atomic E-state index is 13.0. The molecule has 0 unspecified atom stereocenters. The quantitative estimate of drug-likeness (QED) is 0.783. The zero-order valence-corrected chi connectivity index (χ0v) is 18.2. The summed E-state index contributed by atoms with van der Waals surface area (Å²) in [5.74, 6) is 0.302. The van der Waals surface area contributed by atoms with Crippen LogP contribution < -0.4 is 5.32 Å².